The number of anilines is 1. The molecule has 0 radical (unpaired) electrons. The molecule has 2 aromatic carbocycles. The largest absolute Gasteiger partial charge is 0.496 e. The molecular weight excluding hydrogens is 513 g/mol. The number of carbonyl (C=O) groups excluding carboxylic acids is 4. The van der Waals surface area contributed by atoms with Gasteiger partial charge in [0.15, 0.2) is 0 Å². The molecule has 0 atom stereocenters. The van der Waals surface area contributed by atoms with Crippen molar-refractivity contribution in [1.82, 2.24) is 4.90 Å². The smallest absolute Gasteiger partial charge is 0.271 e. The van der Waals surface area contributed by atoms with E-state index in [1.54, 1.807) is 12.1 Å². The van der Waals surface area contributed by atoms with Crippen LogP contribution in [0.3, 0.4) is 0 Å². The topological polar surface area (TPSA) is 136 Å². The average molecular weight is 536 g/mol. The van der Waals surface area contributed by atoms with Gasteiger partial charge < -0.3 is 14.8 Å². The van der Waals surface area contributed by atoms with Crippen molar-refractivity contribution in [3.63, 3.8) is 0 Å². The molecule has 0 unspecified atom stereocenters. The number of nitro benzene ring substituents is 1. The maximum Gasteiger partial charge on any atom is 0.271 e. The summed E-state index contributed by atoms with van der Waals surface area (Å²) in [5, 5.41) is 13.7. The van der Waals surface area contributed by atoms with Gasteiger partial charge in [0.05, 0.1) is 28.3 Å². The van der Waals surface area contributed by atoms with Gasteiger partial charge >= 0.3 is 0 Å². The zero-order valence-corrected chi connectivity index (χ0v) is 20.8. The van der Waals surface area contributed by atoms with Crippen LogP contribution >= 0.6 is 23.2 Å². The molecule has 0 saturated carbocycles. The third-order valence-electron chi connectivity index (χ3n) is 4.92. The number of halogens is 2. The summed E-state index contributed by atoms with van der Waals surface area (Å²) in [6.45, 7) is 0.462. The number of rotatable bonds is 10. The Morgan fingerprint density at radius 1 is 1.08 bits per heavy atom. The van der Waals surface area contributed by atoms with Crippen LogP contribution in [0.1, 0.15) is 36.0 Å². The Bertz CT molecular complexity index is 1170. The quantitative estimate of drug-likeness (QED) is 0.151. The van der Waals surface area contributed by atoms with E-state index in [1.165, 1.54) is 42.4 Å². The molecule has 2 aromatic rings. The summed E-state index contributed by atoms with van der Waals surface area (Å²) in [4.78, 5) is 55.7. The summed E-state index contributed by atoms with van der Waals surface area (Å²) < 4.78 is 5.10. The van der Waals surface area contributed by atoms with E-state index < -0.39 is 10.8 Å². The molecule has 1 heterocycles. The molecule has 10 nitrogen and oxygen atoms in total. The van der Waals surface area contributed by atoms with Crippen molar-refractivity contribution in [2.75, 3.05) is 19.0 Å². The van der Waals surface area contributed by atoms with Gasteiger partial charge in [-0.05, 0) is 37.1 Å². The van der Waals surface area contributed by atoms with E-state index in [0.717, 1.165) is 31.6 Å². The molecule has 12 heteroatoms. The molecular formula is C24H23Cl2N3O7. The van der Waals surface area contributed by atoms with Crippen molar-refractivity contribution in [3.8, 4) is 5.75 Å². The number of aldehydes is 1. The molecule has 3 rings (SSSR count). The van der Waals surface area contributed by atoms with Crippen LogP contribution in [0.4, 0.5) is 11.4 Å². The predicted molar refractivity (Wildman–Crippen MR) is 134 cm³/mol. The minimum Gasteiger partial charge on any atom is -0.496 e. The number of ether oxygens (including phenoxy) is 1. The lowest BCUT2D eigenvalue weighted by molar-refractivity contribution is -0.384. The molecule has 0 aliphatic carbocycles. The molecule has 1 N–H and O–H groups in total. The normalized spacial score (nSPS) is 12.1. The van der Waals surface area contributed by atoms with Gasteiger partial charge in [-0.2, -0.15) is 0 Å². The van der Waals surface area contributed by atoms with E-state index in [0.29, 0.717) is 23.7 Å². The van der Waals surface area contributed by atoms with Crippen LogP contribution in [0.15, 0.2) is 48.6 Å². The maximum atomic E-state index is 12.3. The minimum atomic E-state index is -0.572. The molecule has 1 aliphatic rings. The first-order chi connectivity index (χ1) is 17.2. The van der Waals surface area contributed by atoms with Crippen molar-refractivity contribution in [2.45, 2.75) is 25.7 Å². The van der Waals surface area contributed by atoms with Crippen molar-refractivity contribution in [2.24, 2.45) is 0 Å². The van der Waals surface area contributed by atoms with Crippen LogP contribution in [0.2, 0.25) is 10.0 Å². The number of nitro groups is 1. The molecule has 0 bridgehead atoms. The summed E-state index contributed by atoms with van der Waals surface area (Å²) in [6, 6.07) is 8.37. The zero-order chi connectivity index (χ0) is 26.7. The summed E-state index contributed by atoms with van der Waals surface area (Å²) >= 11 is 11.8. The Balaban J connectivity index is 0.000000281. The number of non-ortho nitro benzene ring substituents is 1. The van der Waals surface area contributed by atoms with Crippen LogP contribution in [-0.4, -0.2) is 47.5 Å². The number of nitrogens with one attached hydrogen (secondary N) is 1. The number of methoxy groups -OCH3 is 1. The van der Waals surface area contributed by atoms with Crippen LogP contribution in [-0.2, 0) is 14.4 Å². The highest BCUT2D eigenvalue weighted by Gasteiger charge is 2.22. The van der Waals surface area contributed by atoms with Crippen molar-refractivity contribution in [1.29, 1.82) is 0 Å². The lowest BCUT2D eigenvalue weighted by Crippen LogP contribution is -2.30. The van der Waals surface area contributed by atoms with Crippen LogP contribution in [0, 0.1) is 10.1 Å². The lowest BCUT2D eigenvalue weighted by atomic mass is 10.1. The van der Waals surface area contributed by atoms with Gasteiger partial charge in [-0.3, -0.25) is 29.4 Å². The fraction of sp³-hybridized carbons (Fsp3) is 0.250. The third kappa shape index (κ3) is 8.17. The molecule has 36 heavy (non-hydrogen) atoms. The lowest BCUT2D eigenvalue weighted by Gasteiger charge is -2.12. The van der Waals surface area contributed by atoms with Crippen molar-refractivity contribution in [3.05, 3.63) is 74.3 Å². The van der Waals surface area contributed by atoms with E-state index >= 15 is 0 Å². The van der Waals surface area contributed by atoms with Crippen LogP contribution in [0.5, 0.6) is 5.75 Å². The number of amides is 3. The first-order valence-corrected chi connectivity index (χ1v) is 11.5. The maximum absolute atomic E-state index is 12.3. The molecule has 0 fully saturated rings. The molecule has 3 amide bonds. The number of unbranched alkanes of at least 4 members (excludes halogenated alkanes) is 3. The van der Waals surface area contributed by atoms with Crippen molar-refractivity contribution < 1.29 is 28.8 Å². The second kappa shape index (κ2) is 14.0. The van der Waals surface area contributed by atoms with E-state index in [4.69, 9.17) is 27.9 Å². The van der Waals surface area contributed by atoms with Gasteiger partial charge in [-0.25, -0.2) is 0 Å². The van der Waals surface area contributed by atoms with E-state index in [9.17, 15) is 29.3 Å². The third-order valence-corrected chi connectivity index (χ3v) is 5.47. The Labute approximate surface area is 217 Å². The standard InChI is InChI=1S/C14H10Cl2N2O4.C10H13NO3/c1-22-13-5-2-8(15)6-10(13)14(19)17-12-4-3-9(18(20)21)7-11(12)16;12-8-4-2-1-3-7-11-9(13)5-6-10(11)14/h2-7H,1H3,(H,17,19);5-6,8H,1-4,7H2. The summed E-state index contributed by atoms with van der Waals surface area (Å²) in [5.74, 6) is -0.606. The van der Waals surface area contributed by atoms with Crippen LogP contribution < -0.4 is 10.1 Å². The molecule has 0 aromatic heterocycles. The van der Waals surface area contributed by atoms with E-state index in [-0.39, 0.29) is 33.8 Å². The number of hydrogen-bond acceptors (Lipinski definition) is 7. The molecule has 0 saturated heterocycles. The number of nitrogens with zero attached hydrogens (tertiary/aromatic N) is 2. The van der Waals surface area contributed by atoms with Gasteiger partial charge in [0.1, 0.15) is 12.0 Å². The zero-order valence-electron chi connectivity index (χ0n) is 19.2. The number of hydrogen-bond donors (Lipinski definition) is 1. The number of imide groups is 1. The van der Waals surface area contributed by atoms with Gasteiger partial charge in [0.2, 0.25) is 0 Å². The Kier molecular flexibility index (Phi) is 11.0. The summed E-state index contributed by atoms with van der Waals surface area (Å²) in [5.41, 5.74) is 0.312. The molecule has 1 aliphatic heterocycles. The van der Waals surface area contributed by atoms with E-state index in [1.807, 2.05) is 0 Å². The predicted octanol–water partition coefficient (Wildman–Crippen LogP) is 4.83. The minimum absolute atomic E-state index is 0.0588. The average Bonchev–Trinajstić information content (AvgIpc) is 3.17. The monoisotopic (exact) mass is 535 g/mol. The fourth-order valence-corrected chi connectivity index (χ4v) is 3.49. The van der Waals surface area contributed by atoms with Gasteiger partial charge in [-0.15, -0.1) is 0 Å². The SMILES string of the molecule is COc1ccc(Cl)cc1C(=O)Nc1ccc([N+](=O)[O-])cc1Cl.O=CCCCCCN1C(=O)C=CC1=O. The summed E-state index contributed by atoms with van der Waals surface area (Å²) in [7, 11) is 1.43. The highest BCUT2D eigenvalue weighted by Crippen LogP contribution is 2.29. The highest BCUT2D eigenvalue weighted by atomic mass is 35.5. The van der Waals surface area contributed by atoms with Gasteiger partial charge in [0.25, 0.3) is 23.4 Å². The second-order valence-electron chi connectivity index (χ2n) is 7.40. The first-order valence-electron chi connectivity index (χ1n) is 10.7. The van der Waals surface area contributed by atoms with Crippen molar-refractivity contribution >= 4 is 58.6 Å². The Hall–Kier alpha value is -3.76. The Morgan fingerprint density at radius 2 is 1.78 bits per heavy atom. The first kappa shape index (κ1) is 28.5. The van der Waals surface area contributed by atoms with E-state index in [2.05, 4.69) is 5.32 Å². The molecule has 0 spiro atoms. The fourth-order valence-electron chi connectivity index (χ4n) is 3.09. The highest BCUT2D eigenvalue weighted by molar-refractivity contribution is 6.34. The van der Waals surface area contributed by atoms with Crippen LogP contribution in [0.25, 0.3) is 0 Å². The van der Waals surface area contributed by atoms with Gasteiger partial charge in [0, 0.05) is 42.3 Å². The van der Waals surface area contributed by atoms with Gasteiger partial charge in [-0.1, -0.05) is 29.6 Å². The number of carbonyl (C=O) groups is 4. The molecule has 190 valence electrons. The summed E-state index contributed by atoms with van der Waals surface area (Å²) in [6.07, 6.45) is 6.48. The number of benzene rings is 2. The Morgan fingerprint density at radius 3 is 2.36 bits per heavy atom. The second-order valence-corrected chi connectivity index (χ2v) is 8.24.